The first kappa shape index (κ1) is 21.9. The predicted octanol–water partition coefficient (Wildman–Crippen LogP) is 3.63. The summed E-state index contributed by atoms with van der Waals surface area (Å²) >= 11 is 3.27. The average Bonchev–Trinajstić information content (AvgIpc) is 2.63. The SMILES string of the molecule is CCOc1cc(C#N)cc(Br)c1OC(=O)c1ccc(S(=O)(=O)NC(C)C)cc1. The highest BCUT2D eigenvalue weighted by molar-refractivity contribution is 9.10. The van der Waals surface area contributed by atoms with Gasteiger partial charge in [0, 0.05) is 12.1 Å². The molecule has 0 aliphatic heterocycles. The number of rotatable bonds is 7. The molecule has 0 atom stereocenters. The molecule has 1 N–H and O–H groups in total. The molecule has 0 fully saturated rings. The van der Waals surface area contributed by atoms with E-state index < -0.39 is 16.0 Å². The molecule has 2 aromatic rings. The molecule has 0 amide bonds. The van der Waals surface area contributed by atoms with Gasteiger partial charge in [0.25, 0.3) is 0 Å². The van der Waals surface area contributed by atoms with E-state index in [0.29, 0.717) is 16.6 Å². The summed E-state index contributed by atoms with van der Waals surface area (Å²) in [6, 6.07) is 10.1. The monoisotopic (exact) mass is 466 g/mol. The number of nitrogens with zero attached hydrogens (tertiary/aromatic N) is 1. The minimum Gasteiger partial charge on any atom is -0.490 e. The van der Waals surface area contributed by atoms with Gasteiger partial charge in [0.1, 0.15) is 0 Å². The van der Waals surface area contributed by atoms with Crippen molar-refractivity contribution in [3.05, 3.63) is 52.0 Å². The van der Waals surface area contributed by atoms with Crippen molar-refractivity contribution in [1.82, 2.24) is 4.72 Å². The molecule has 28 heavy (non-hydrogen) atoms. The molecule has 0 bridgehead atoms. The molecule has 0 saturated heterocycles. The highest BCUT2D eigenvalue weighted by Crippen LogP contribution is 2.37. The number of carbonyl (C=O) groups excluding carboxylic acids is 1. The van der Waals surface area contributed by atoms with Gasteiger partial charge >= 0.3 is 5.97 Å². The van der Waals surface area contributed by atoms with Crippen LogP contribution in [-0.2, 0) is 10.0 Å². The van der Waals surface area contributed by atoms with Crippen molar-refractivity contribution in [2.45, 2.75) is 31.7 Å². The number of nitriles is 1. The Bertz CT molecular complexity index is 1010. The highest BCUT2D eigenvalue weighted by Gasteiger charge is 2.19. The second-order valence-electron chi connectivity index (χ2n) is 6.02. The normalized spacial score (nSPS) is 11.1. The summed E-state index contributed by atoms with van der Waals surface area (Å²) in [6.45, 7) is 5.52. The Hall–Kier alpha value is -2.41. The molecule has 0 spiro atoms. The maximum Gasteiger partial charge on any atom is 0.343 e. The van der Waals surface area contributed by atoms with E-state index in [0.717, 1.165) is 0 Å². The lowest BCUT2D eigenvalue weighted by molar-refractivity contribution is 0.0727. The Morgan fingerprint density at radius 2 is 1.89 bits per heavy atom. The van der Waals surface area contributed by atoms with Gasteiger partial charge in [-0.3, -0.25) is 0 Å². The molecule has 0 heterocycles. The van der Waals surface area contributed by atoms with Crippen molar-refractivity contribution < 1.29 is 22.7 Å². The van der Waals surface area contributed by atoms with Crippen LogP contribution in [0.15, 0.2) is 45.8 Å². The quantitative estimate of drug-likeness (QED) is 0.493. The molecule has 0 aliphatic carbocycles. The zero-order valence-corrected chi connectivity index (χ0v) is 17.9. The second kappa shape index (κ2) is 9.19. The van der Waals surface area contributed by atoms with Gasteiger partial charge in [0.05, 0.1) is 33.2 Å². The van der Waals surface area contributed by atoms with Gasteiger partial charge < -0.3 is 9.47 Å². The molecular weight excluding hydrogens is 448 g/mol. The Morgan fingerprint density at radius 3 is 2.43 bits per heavy atom. The van der Waals surface area contributed by atoms with Crippen LogP contribution < -0.4 is 14.2 Å². The number of hydrogen-bond acceptors (Lipinski definition) is 6. The van der Waals surface area contributed by atoms with Crippen molar-refractivity contribution in [2.75, 3.05) is 6.61 Å². The molecule has 0 aromatic heterocycles. The van der Waals surface area contributed by atoms with E-state index in [1.54, 1.807) is 20.8 Å². The zero-order valence-electron chi connectivity index (χ0n) is 15.5. The van der Waals surface area contributed by atoms with Crippen LogP contribution in [0.1, 0.15) is 36.7 Å². The van der Waals surface area contributed by atoms with Crippen LogP contribution >= 0.6 is 15.9 Å². The number of hydrogen-bond donors (Lipinski definition) is 1. The molecule has 0 aliphatic rings. The van der Waals surface area contributed by atoms with Crippen LogP contribution in [0, 0.1) is 11.3 Å². The van der Waals surface area contributed by atoms with E-state index in [-0.39, 0.29) is 28.0 Å². The predicted molar refractivity (Wildman–Crippen MR) is 107 cm³/mol. The summed E-state index contributed by atoms with van der Waals surface area (Å²) in [4.78, 5) is 12.5. The van der Waals surface area contributed by atoms with Gasteiger partial charge in [0.15, 0.2) is 11.5 Å². The summed E-state index contributed by atoms with van der Waals surface area (Å²) in [5.41, 5.74) is 0.518. The number of esters is 1. The van der Waals surface area contributed by atoms with Crippen molar-refractivity contribution in [3.8, 4) is 17.6 Å². The fourth-order valence-electron chi connectivity index (χ4n) is 2.29. The maximum absolute atomic E-state index is 12.5. The van der Waals surface area contributed by atoms with E-state index in [4.69, 9.17) is 14.7 Å². The number of carbonyl (C=O) groups is 1. The Labute approximate surface area is 172 Å². The van der Waals surface area contributed by atoms with Gasteiger partial charge in [-0.05, 0) is 67.0 Å². The third-order valence-electron chi connectivity index (χ3n) is 3.42. The molecule has 2 rings (SSSR count). The van der Waals surface area contributed by atoms with Gasteiger partial charge in [0.2, 0.25) is 10.0 Å². The molecule has 0 saturated carbocycles. The summed E-state index contributed by atoms with van der Waals surface area (Å²) in [7, 11) is -3.65. The van der Waals surface area contributed by atoms with Gasteiger partial charge in [-0.15, -0.1) is 0 Å². The third kappa shape index (κ3) is 5.32. The molecule has 0 radical (unpaired) electrons. The Morgan fingerprint density at radius 1 is 1.25 bits per heavy atom. The number of halogens is 1. The standard InChI is InChI=1S/C19H19BrN2O5S/c1-4-26-17-10-13(11-21)9-16(20)18(17)27-19(23)14-5-7-15(8-6-14)28(24,25)22-12(2)3/h5-10,12,22H,4H2,1-3H3. The Kier molecular flexibility index (Phi) is 7.18. The summed E-state index contributed by atoms with van der Waals surface area (Å²) < 4.78 is 38.1. The number of benzene rings is 2. The largest absolute Gasteiger partial charge is 0.490 e. The van der Waals surface area contributed by atoms with Crippen LogP contribution in [0.4, 0.5) is 0 Å². The first-order valence-corrected chi connectivity index (χ1v) is 10.7. The summed E-state index contributed by atoms with van der Waals surface area (Å²) in [5.74, 6) is -0.293. The van der Waals surface area contributed by atoms with Crippen molar-refractivity contribution in [1.29, 1.82) is 5.26 Å². The molecule has 148 valence electrons. The minimum atomic E-state index is -3.65. The fraction of sp³-hybridized carbons (Fsp3) is 0.263. The van der Waals surface area contributed by atoms with Crippen LogP contribution in [-0.4, -0.2) is 27.0 Å². The molecule has 9 heteroatoms. The maximum atomic E-state index is 12.5. The second-order valence-corrected chi connectivity index (χ2v) is 8.59. The zero-order chi connectivity index (χ0) is 20.9. The first-order chi connectivity index (χ1) is 13.2. The van der Waals surface area contributed by atoms with E-state index in [1.807, 2.05) is 6.07 Å². The fourth-order valence-corrected chi connectivity index (χ4v) is 4.07. The van der Waals surface area contributed by atoms with E-state index in [9.17, 15) is 13.2 Å². The van der Waals surface area contributed by atoms with Crippen LogP contribution in [0.3, 0.4) is 0 Å². The lowest BCUT2D eigenvalue weighted by atomic mass is 10.2. The van der Waals surface area contributed by atoms with Gasteiger partial charge in [-0.2, -0.15) is 5.26 Å². The van der Waals surface area contributed by atoms with E-state index in [1.165, 1.54) is 36.4 Å². The number of sulfonamides is 1. The smallest absolute Gasteiger partial charge is 0.343 e. The van der Waals surface area contributed by atoms with Crippen molar-refractivity contribution >= 4 is 31.9 Å². The number of nitrogens with one attached hydrogen (secondary N) is 1. The van der Waals surface area contributed by atoms with Crippen LogP contribution in [0.2, 0.25) is 0 Å². The third-order valence-corrected chi connectivity index (χ3v) is 5.69. The first-order valence-electron chi connectivity index (χ1n) is 8.39. The summed E-state index contributed by atoms with van der Waals surface area (Å²) in [5, 5.41) is 9.06. The van der Waals surface area contributed by atoms with Gasteiger partial charge in [-0.1, -0.05) is 0 Å². The van der Waals surface area contributed by atoms with Crippen molar-refractivity contribution in [3.63, 3.8) is 0 Å². The molecule has 2 aromatic carbocycles. The molecule has 7 nitrogen and oxygen atoms in total. The van der Waals surface area contributed by atoms with Crippen LogP contribution in [0.5, 0.6) is 11.5 Å². The number of ether oxygens (including phenoxy) is 2. The van der Waals surface area contributed by atoms with Gasteiger partial charge in [-0.25, -0.2) is 17.9 Å². The van der Waals surface area contributed by atoms with Crippen LogP contribution in [0.25, 0.3) is 0 Å². The van der Waals surface area contributed by atoms with Crippen molar-refractivity contribution in [2.24, 2.45) is 0 Å². The summed E-state index contributed by atoms with van der Waals surface area (Å²) in [6.07, 6.45) is 0. The minimum absolute atomic E-state index is 0.0484. The van der Waals surface area contributed by atoms with E-state index in [2.05, 4.69) is 20.7 Å². The Balaban J connectivity index is 2.28. The van der Waals surface area contributed by atoms with E-state index >= 15 is 0 Å². The molecular formula is C19H19BrN2O5S. The lowest BCUT2D eigenvalue weighted by Gasteiger charge is -2.13. The average molecular weight is 467 g/mol. The topological polar surface area (TPSA) is 105 Å². The highest BCUT2D eigenvalue weighted by atomic mass is 79.9. The lowest BCUT2D eigenvalue weighted by Crippen LogP contribution is -2.30. The molecule has 0 unspecified atom stereocenters.